The third-order valence-corrected chi connectivity index (χ3v) is 9.15. The minimum absolute atomic E-state index is 0.0580. The Balaban J connectivity index is 1.44. The highest BCUT2D eigenvalue weighted by Gasteiger charge is 2.26. The van der Waals surface area contributed by atoms with Gasteiger partial charge in [-0.25, -0.2) is 18.6 Å². The van der Waals surface area contributed by atoms with Gasteiger partial charge < -0.3 is 29.4 Å². The number of halogens is 2. The number of rotatable bonds is 11. The second-order valence-corrected chi connectivity index (χ2v) is 17.7. The Hall–Kier alpha value is -4.31. The molecule has 1 saturated heterocycles. The van der Waals surface area contributed by atoms with Gasteiger partial charge in [0.15, 0.2) is 17.4 Å². The van der Waals surface area contributed by atoms with Crippen LogP contribution < -0.4 is 15.4 Å². The second kappa shape index (κ2) is 13.1. The van der Waals surface area contributed by atoms with E-state index < -0.39 is 31.5 Å². The minimum atomic E-state index is -1.30. The number of amides is 2. The first kappa shape index (κ1) is 31.1. The number of nitriles is 1. The maximum absolute atomic E-state index is 15.3. The van der Waals surface area contributed by atoms with Crippen LogP contribution in [-0.2, 0) is 16.2 Å². The van der Waals surface area contributed by atoms with E-state index in [0.717, 1.165) is 18.2 Å². The van der Waals surface area contributed by atoms with Crippen molar-refractivity contribution in [2.75, 3.05) is 25.1 Å². The van der Waals surface area contributed by atoms with Crippen LogP contribution in [0.4, 0.5) is 19.3 Å². The number of anilines is 1. The molecule has 1 aliphatic heterocycles. The maximum atomic E-state index is 15.3. The molecule has 3 heterocycles. The van der Waals surface area contributed by atoms with Gasteiger partial charge >= 0.3 is 6.03 Å². The number of carbonyl (C=O) groups excluding carboxylic acids is 1. The normalized spacial score (nSPS) is 14.1. The van der Waals surface area contributed by atoms with E-state index in [9.17, 15) is 10.1 Å². The number of ether oxygens (including phenoxy) is 3. The van der Waals surface area contributed by atoms with Gasteiger partial charge in [0.2, 0.25) is 0 Å². The Bertz CT molecular complexity index is 1690. The molecule has 12 heteroatoms. The average Bonchev–Trinajstić information content (AvgIpc) is 3.31. The number of urea groups is 1. The molecule has 2 aromatic carbocycles. The van der Waals surface area contributed by atoms with Crippen molar-refractivity contribution in [2.45, 2.75) is 45.4 Å². The molecule has 2 aromatic heterocycles. The third kappa shape index (κ3) is 7.24. The van der Waals surface area contributed by atoms with Crippen LogP contribution in [0.25, 0.3) is 22.2 Å². The number of hydrogen-bond donors (Lipinski definition) is 2. The van der Waals surface area contributed by atoms with Crippen LogP contribution in [0.3, 0.4) is 0 Å². The summed E-state index contributed by atoms with van der Waals surface area (Å²) in [7, 11) is -1.30. The first-order chi connectivity index (χ1) is 21.0. The quantitative estimate of drug-likeness (QED) is 0.137. The molecule has 0 saturated carbocycles. The lowest BCUT2D eigenvalue weighted by Crippen LogP contribution is -2.47. The van der Waals surface area contributed by atoms with E-state index >= 15 is 8.78 Å². The van der Waals surface area contributed by atoms with Crippen LogP contribution in [0, 0.1) is 28.9 Å². The summed E-state index contributed by atoms with van der Waals surface area (Å²) in [6, 6.07) is 13.0. The molecule has 1 fully saturated rings. The molecule has 44 heavy (non-hydrogen) atoms. The van der Waals surface area contributed by atoms with E-state index in [4.69, 9.17) is 14.2 Å². The van der Waals surface area contributed by atoms with Gasteiger partial charge in [-0.1, -0.05) is 31.8 Å². The molecule has 0 bridgehead atoms. The van der Waals surface area contributed by atoms with Crippen LogP contribution in [0.5, 0.6) is 11.5 Å². The summed E-state index contributed by atoms with van der Waals surface area (Å²) in [5.74, 6) is -2.25. The number of carbonyl (C=O) groups is 1. The van der Waals surface area contributed by atoms with Gasteiger partial charge in [0.25, 0.3) is 0 Å². The van der Waals surface area contributed by atoms with Crippen molar-refractivity contribution >= 4 is 30.8 Å². The smallest absolute Gasteiger partial charge is 0.319 e. The minimum Gasteiger partial charge on any atom is -0.450 e. The highest BCUT2D eigenvalue weighted by molar-refractivity contribution is 6.76. The highest BCUT2D eigenvalue weighted by Crippen LogP contribution is 2.40. The van der Waals surface area contributed by atoms with Crippen molar-refractivity contribution in [3.8, 4) is 28.7 Å². The number of nitrogens with one attached hydrogen (secondary N) is 2. The maximum Gasteiger partial charge on any atom is 0.319 e. The molecular formula is C32H35F2N5O4Si. The molecule has 5 rings (SSSR count). The molecule has 9 nitrogen and oxygen atoms in total. The van der Waals surface area contributed by atoms with Crippen LogP contribution in [-0.4, -0.2) is 49.5 Å². The van der Waals surface area contributed by atoms with Gasteiger partial charge in [0, 0.05) is 62.4 Å². The molecule has 1 aliphatic rings. The zero-order valence-electron chi connectivity index (χ0n) is 25.1. The molecule has 4 aromatic rings. The molecule has 1 atom stereocenters. The topological polar surface area (TPSA) is 110 Å². The summed E-state index contributed by atoms with van der Waals surface area (Å²) in [6.45, 7) is 10.6. The summed E-state index contributed by atoms with van der Waals surface area (Å²) in [5.41, 5.74) is 2.27. The van der Waals surface area contributed by atoms with Gasteiger partial charge in [-0.05, 0) is 36.7 Å². The van der Waals surface area contributed by atoms with Crippen LogP contribution in [0.2, 0.25) is 25.7 Å². The van der Waals surface area contributed by atoms with Crippen molar-refractivity contribution < 1.29 is 27.8 Å². The monoisotopic (exact) mass is 619 g/mol. The number of nitrogens with zero attached hydrogens (tertiary/aromatic N) is 3. The fourth-order valence-corrected chi connectivity index (χ4v) is 5.52. The fourth-order valence-electron chi connectivity index (χ4n) is 4.76. The Morgan fingerprint density at radius 2 is 1.95 bits per heavy atom. The molecule has 0 unspecified atom stereocenters. The van der Waals surface area contributed by atoms with Gasteiger partial charge in [-0.3, -0.25) is 0 Å². The van der Waals surface area contributed by atoms with E-state index in [1.807, 2.05) is 23.8 Å². The lowest BCUT2D eigenvalue weighted by Gasteiger charge is -2.31. The Labute approximate surface area is 255 Å². The molecule has 2 N–H and O–H groups in total. The van der Waals surface area contributed by atoms with Crippen molar-refractivity contribution in [1.29, 1.82) is 5.26 Å². The lowest BCUT2D eigenvalue weighted by molar-refractivity contribution is -0.0444. The molecule has 0 spiro atoms. The number of pyridine rings is 1. The Kier molecular flexibility index (Phi) is 9.29. The number of fused-ring (bicyclic) bond motifs is 1. The largest absolute Gasteiger partial charge is 0.450 e. The summed E-state index contributed by atoms with van der Waals surface area (Å²) >= 11 is 0. The van der Waals surface area contributed by atoms with Gasteiger partial charge in [-0.15, -0.1) is 0 Å². The van der Waals surface area contributed by atoms with E-state index in [-0.39, 0.29) is 30.1 Å². The summed E-state index contributed by atoms with van der Waals surface area (Å²) in [5, 5.41) is 15.2. The molecule has 230 valence electrons. The van der Waals surface area contributed by atoms with E-state index in [1.54, 1.807) is 18.2 Å². The second-order valence-electron chi connectivity index (χ2n) is 12.1. The molecular weight excluding hydrogens is 584 g/mol. The van der Waals surface area contributed by atoms with Crippen molar-refractivity contribution in [3.63, 3.8) is 0 Å². The molecule has 2 amide bonds. The Morgan fingerprint density at radius 3 is 2.61 bits per heavy atom. The summed E-state index contributed by atoms with van der Waals surface area (Å²) in [4.78, 5) is 16.9. The first-order valence-electron chi connectivity index (χ1n) is 14.4. The lowest BCUT2D eigenvalue weighted by atomic mass is 10.0. The van der Waals surface area contributed by atoms with Gasteiger partial charge in [0.1, 0.15) is 18.1 Å². The number of benzene rings is 2. The van der Waals surface area contributed by atoms with Gasteiger partial charge in [-0.2, -0.15) is 5.26 Å². The zero-order valence-corrected chi connectivity index (χ0v) is 26.1. The summed E-state index contributed by atoms with van der Waals surface area (Å²) < 4.78 is 49.4. The third-order valence-electron chi connectivity index (χ3n) is 7.45. The van der Waals surface area contributed by atoms with Gasteiger partial charge in [0.05, 0.1) is 30.2 Å². The standard InChI is InChI=1S/C32H35F2N5O4Si/c1-20(23-17-42-18-23)37-32(40)38-24-13-26(33)30(27(34)14-24)43-28-8-9-36-31-29(28)25(22-7-5-6-21(12-22)15-35)16-39(31)19-41-10-11-44(2,3)4/h5-9,12-14,16,20,23H,10-11,17-19H2,1-4H3,(H2,37,38,40)/t20-/m1/s1. The predicted octanol–water partition coefficient (Wildman–Crippen LogP) is 7.11. The number of aromatic nitrogens is 2. The summed E-state index contributed by atoms with van der Waals surface area (Å²) in [6.07, 6.45) is 3.33. The number of hydrogen-bond acceptors (Lipinski definition) is 6. The van der Waals surface area contributed by atoms with E-state index in [2.05, 4.69) is 41.3 Å². The van der Waals surface area contributed by atoms with Crippen LogP contribution in [0.1, 0.15) is 12.5 Å². The zero-order chi connectivity index (χ0) is 31.4. The molecule has 0 aliphatic carbocycles. The SMILES string of the molecule is C[C@@H](NC(=O)Nc1cc(F)c(Oc2ccnc3c2c(-c2cccc(C#N)c2)cn3COCC[Si](C)(C)C)c(F)c1)C1COC1. The van der Waals surface area contributed by atoms with E-state index in [0.29, 0.717) is 47.5 Å². The van der Waals surface area contributed by atoms with Crippen LogP contribution >= 0.6 is 0 Å². The fraction of sp³-hybridized carbons (Fsp3) is 0.344. The van der Waals surface area contributed by atoms with E-state index in [1.165, 1.54) is 12.3 Å². The molecule has 0 radical (unpaired) electrons. The first-order valence-corrected chi connectivity index (χ1v) is 18.1. The Morgan fingerprint density at radius 1 is 1.20 bits per heavy atom. The predicted molar refractivity (Wildman–Crippen MR) is 166 cm³/mol. The van der Waals surface area contributed by atoms with Crippen molar-refractivity contribution in [3.05, 3.63) is 72.1 Å². The average molecular weight is 620 g/mol. The van der Waals surface area contributed by atoms with Crippen LogP contribution in [0.15, 0.2) is 54.9 Å². The van der Waals surface area contributed by atoms with Crippen molar-refractivity contribution in [1.82, 2.24) is 14.9 Å². The van der Waals surface area contributed by atoms with Crippen molar-refractivity contribution in [2.24, 2.45) is 5.92 Å². The highest BCUT2D eigenvalue weighted by atomic mass is 28.3.